The number of ketones is 1. The summed E-state index contributed by atoms with van der Waals surface area (Å²) in [6, 6.07) is 8.28. The van der Waals surface area contributed by atoms with E-state index >= 15 is 4.39 Å². The Morgan fingerprint density at radius 1 is 1.11 bits per heavy atom. The van der Waals surface area contributed by atoms with Gasteiger partial charge in [0.05, 0.1) is 18.3 Å². The summed E-state index contributed by atoms with van der Waals surface area (Å²) in [5.41, 5.74) is 9.88. The van der Waals surface area contributed by atoms with Crippen molar-refractivity contribution < 1.29 is 45.0 Å². The number of Topliss-reactive ketones (excluding diaryl/α,β-unsaturated/α-hetero) is 1. The fourth-order valence-electron chi connectivity index (χ4n) is 7.99. The van der Waals surface area contributed by atoms with E-state index in [2.05, 4.69) is 10.0 Å². The summed E-state index contributed by atoms with van der Waals surface area (Å²) < 4.78 is 94.9. The van der Waals surface area contributed by atoms with Crippen LogP contribution in [0.5, 0.6) is 0 Å². The van der Waals surface area contributed by atoms with Crippen molar-refractivity contribution >= 4 is 33.5 Å². The van der Waals surface area contributed by atoms with Gasteiger partial charge in [-0.05, 0) is 106 Å². The zero-order valence-electron chi connectivity index (χ0n) is 30.5. The van der Waals surface area contributed by atoms with Crippen LogP contribution in [0.1, 0.15) is 81.9 Å². The van der Waals surface area contributed by atoms with Crippen molar-refractivity contribution in [3.05, 3.63) is 80.4 Å². The molecule has 1 unspecified atom stereocenters. The van der Waals surface area contributed by atoms with E-state index in [9.17, 15) is 36.7 Å². The number of amides is 1. The van der Waals surface area contributed by atoms with Crippen LogP contribution in [-0.4, -0.2) is 91.0 Å². The monoisotopic (exact) mass is 799 g/mol. The molecule has 3 saturated heterocycles. The maximum absolute atomic E-state index is 15.7. The Kier molecular flexibility index (Phi) is 13.3. The van der Waals surface area contributed by atoms with Crippen molar-refractivity contribution in [2.75, 3.05) is 25.4 Å². The summed E-state index contributed by atoms with van der Waals surface area (Å²) in [5, 5.41) is 4.29. The Balaban J connectivity index is 1.41. The first kappa shape index (κ1) is 41.7. The highest BCUT2D eigenvalue weighted by Gasteiger charge is 2.45. The molecule has 0 radical (unpaired) electrons. The highest BCUT2D eigenvalue weighted by Crippen LogP contribution is 2.41. The van der Waals surface area contributed by atoms with Crippen LogP contribution >= 0.6 is 11.6 Å². The largest absolute Gasteiger partial charge is 0.444 e. The van der Waals surface area contributed by atoms with E-state index in [4.69, 9.17) is 21.1 Å². The SMILES string of the molecule is CC(C)(C)OC(=O)N1C[C@H](CCc2c(F)cccc2CC(=O)[C@@H](N=[N+]=[N-])[C@@H](c2ccc(Cl)cc2)[C@H]2CCO[C@@H](CC(F)(F)F)C2)N2C[C@H]1CCCS2(=O)=O. The number of fused-ring (bicyclic) bond motifs is 2. The van der Waals surface area contributed by atoms with Gasteiger partial charge in [-0.3, -0.25) is 4.79 Å². The van der Waals surface area contributed by atoms with E-state index in [-0.39, 0.29) is 62.7 Å². The minimum Gasteiger partial charge on any atom is -0.444 e. The van der Waals surface area contributed by atoms with Crippen LogP contribution in [-0.2, 0) is 37.1 Å². The summed E-state index contributed by atoms with van der Waals surface area (Å²) in [5.74, 6) is -2.63. The number of hydrogen-bond donors (Lipinski definition) is 0. The van der Waals surface area contributed by atoms with E-state index in [1.165, 1.54) is 16.4 Å². The van der Waals surface area contributed by atoms with Gasteiger partial charge in [0.2, 0.25) is 10.0 Å². The molecule has 5 rings (SSSR count). The minimum atomic E-state index is -4.47. The molecule has 0 N–H and O–H groups in total. The van der Waals surface area contributed by atoms with Gasteiger partial charge >= 0.3 is 12.3 Å². The van der Waals surface area contributed by atoms with Gasteiger partial charge in [0.25, 0.3) is 0 Å². The first-order chi connectivity index (χ1) is 25.3. The number of nitrogens with zero attached hydrogens (tertiary/aromatic N) is 5. The van der Waals surface area contributed by atoms with E-state index in [1.807, 2.05) is 0 Å². The second-order valence-corrected chi connectivity index (χ2v) is 17.8. The van der Waals surface area contributed by atoms with Gasteiger partial charge < -0.3 is 14.4 Å². The molecule has 3 heterocycles. The maximum atomic E-state index is 15.7. The highest BCUT2D eigenvalue weighted by molar-refractivity contribution is 7.89. The van der Waals surface area contributed by atoms with Gasteiger partial charge in [-0.25, -0.2) is 17.6 Å². The molecule has 2 aromatic rings. The lowest BCUT2D eigenvalue weighted by atomic mass is 9.73. The average Bonchev–Trinajstić information content (AvgIpc) is 3.19. The number of halogens is 5. The molecular formula is C37H46ClF4N5O6S. The van der Waals surface area contributed by atoms with Crippen LogP contribution in [0.25, 0.3) is 10.4 Å². The van der Waals surface area contributed by atoms with Crippen molar-refractivity contribution in [3.63, 3.8) is 0 Å². The van der Waals surface area contributed by atoms with Crippen LogP contribution in [0.2, 0.25) is 5.02 Å². The molecule has 0 spiro atoms. The van der Waals surface area contributed by atoms with Crippen molar-refractivity contribution in [1.29, 1.82) is 0 Å². The van der Waals surface area contributed by atoms with Crippen LogP contribution in [0.3, 0.4) is 0 Å². The Hall–Kier alpha value is -3.43. The summed E-state index contributed by atoms with van der Waals surface area (Å²) in [7, 11) is -3.67. The number of azide groups is 1. The van der Waals surface area contributed by atoms with E-state index in [0.29, 0.717) is 35.4 Å². The molecule has 3 fully saturated rings. The average molecular weight is 800 g/mol. The highest BCUT2D eigenvalue weighted by atomic mass is 35.5. The summed E-state index contributed by atoms with van der Waals surface area (Å²) >= 11 is 6.14. The van der Waals surface area contributed by atoms with Gasteiger partial charge in [0.15, 0.2) is 0 Å². The number of hydrogen-bond acceptors (Lipinski definition) is 7. The summed E-state index contributed by atoms with van der Waals surface area (Å²) in [6.07, 6.45) is -6.43. The van der Waals surface area contributed by atoms with Gasteiger partial charge in [-0.1, -0.05) is 41.0 Å². The predicted octanol–water partition coefficient (Wildman–Crippen LogP) is 8.15. The van der Waals surface area contributed by atoms with Crippen molar-refractivity contribution in [2.24, 2.45) is 11.0 Å². The molecule has 0 aliphatic carbocycles. The fourth-order valence-corrected chi connectivity index (χ4v) is 9.90. The third kappa shape index (κ3) is 10.7. The molecule has 2 aromatic carbocycles. The third-order valence-corrected chi connectivity index (χ3v) is 12.6. The number of ether oxygens (including phenoxy) is 2. The number of benzene rings is 2. The van der Waals surface area contributed by atoms with Gasteiger partial charge in [-0.15, -0.1) is 0 Å². The molecule has 17 heteroatoms. The molecule has 11 nitrogen and oxygen atoms in total. The second-order valence-electron chi connectivity index (χ2n) is 15.4. The lowest BCUT2D eigenvalue weighted by Crippen LogP contribution is -2.60. The molecule has 0 aromatic heterocycles. The van der Waals surface area contributed by atoms with Crippen LogP contribution in [0, 0.1) is 11.7 Å². The predicted molar refractivity (Wildman–Crippen MR) is 194 cm³/mol. The molecular weight excluding hydrogens is 754 g/mol. The maximum Gasteiger partial charge on any atom is 0.410 e. The van der Waals surface area contributed by atoms with Gasteiger partial charge in [0.1, 0.15) is 23.2 Å². The number of piperazine rings is 1. The number of carbonyl (C=O) groups excluding carboxylic acids is 2. The topological polar surface area (TPSA) is 142 Å². The van der Waals surface area contributed by atoms with Crippen LogP contribution in [0.4, 0.5) is 22.4 Å². The summed E-state index contributed by atoms with van der Waals surface area (Å²) in [4.78, 5) is 32.0. The third-order valence-electron chi connectivity index (χ3n) is 10.4. The van der Waals surface area contributed by atoms with Gasteiger partial charge in [0, 0.05) is 54.1 Å². The molecule has 2 bridgehead atoms. The first-order valence-corrected chi connectivity index (χ1v) is 20.1. The molecule has 1 amide bonds. The Bertz CT molecular complexity index is 1820. The summed E-state index contributed by atoms with van der Waals surface area (Å²) in [6.45, 7) is 5.38. The van der Waals surface area contributed by atoms with Crippen LogP contribution in [0.15, 0.2) is 47.6 Å². The Labute approximate surface area is 318 Å². The van der Waals surface area contributed by atoms with E-state index in [0.717, 1.165) is 0 Å². The fraction of sp³-hybridized carbons (Fsp3) is 0.622. The normalized spacial score (nSPS) is 25.5. The van der Waals surface area contributed by atoms with Crippen LogP contribution < -0.4 is 0 Å². The molecule has 296 valence electrons. The van der Waals surface area contributed by atoms with Crippen molar-refractivity contribution in [3.8, 4) is 0 Å². The molecule has 0 saturated carbocycles. The Morgan fingerprint density at radius 2 is 1.83 bits per heavy atom. The quantitative estimate of drug-likeness (QED) is 0.0973. The second kappa shape index (κ2) is 17.2. The van der Waals surface area contributed by atoms with E-state index in [1.54, 1.807) is 56.0 Å². The van der Waals surface area contributed by atoms with Gasteiger partial charge in [-0.2, -0.15) is 17.5 Å². The van der Waals surface area contributed by atoms with E-state index < -0.39 is 75.9 Å². The van der Waals surface area contributed by atoms with Crippen molar-refractivity contribution in [2.45, 2.75) is 114 Å². The van der Waals surface area contributed by atoms with Crippen molar-refractivity contribution in [1.82, 2.24) is 9.21 Å². The zero-order chi connectivity index (χ0) is 39.4. The lowest BCUT2D eigenvalue weighted by molar-refractivity contribution is -0.169. The standard InChI is InChI=1S/C37H46ClF4N5O6S/c1-36(2,3)53-35(49)46-21-28(47-22-27(46)7-5-17-54(47,50)51)13-14-30-24(6-4-8-31(30)39)19-32(48)34(44-45-43)33(23-9-11-26(38)12-10-23)25-15-16-52-29(18-25)20-37(40,41)42/h4,6,8-12,25,27-29,33-34H,5,7,13-22H2,1-3H3/t25-,27+,28-,29+,33-,34+/m0/s1. The first-order valence-electron chi connectivity index (χ1n) is 18.1. The number of sulfonamides is 1. The molecule has 3 aliphatic heterocycles. The molecule has 54 heavy (non-hydrogen) atoms. The smallest absolute Gasteiger partial charge is 0.410 e. The number of rotatable bonds is 11. The minimum absolute atomic E-state index is 0.0146. The lowest BCUT2D eigenvalue weighted by Gasteiger charge is -2.44. The number of alkyl halides is 3. The zero-order valence-corrected chi connectivity index (χ0v) is 32.0. The molecule has 3 aliphatic rings. The molecule has 7 atom stereocenters. The Morgan fingerprint density at radius 3 is 2.50 bits per heavy atom. The number of carbonyl (C=O) groups is 2.